The molecule has 156 valence electrons. The van der Waals surface area contributed by atoms with Crippen LogP contribution in [0.5, 0.6) is 0 Å². The Morgan fingerprint density at radius 3 is 2.55 bits per heavy atom. The summed E-state index contributed by atoms with van der Waals surface area (Å²) in [6, 6.07) is 11.6. The third-order valence-electron chi connectivity index (χ3n) is 5.24. The molecule has 4 nitrogen and oxygen atoms in total. The molecule has 1 aromatic heterocycles. The molecule has 0 amide bonds. The lowest BCUT2D eigenvalue weighted by molar-refractivity contribution is -0.129. The number of ether oxygens (including phenoxy) is 1. The lowest BCUT2D eigenvalue weighted by atomic mass is 9.92. The van der Waals surface area contributed by atoms with Crippen LogP contribution in [0.25, 0.3) is 0 Å². The second kappa shape index (κ2) is 9.71. The number of allylic oxidation sites excluding steroid dienone is 1. The van der Waals surface area contributed by atoms with Crippen LogP contribution in [0.15, 0.2) is 59.0 Å². The molecule has 0 saturated carbocycles. The van der Waals surface area contributed by atoms with Crippen LogP contribution < -0.4 is 0 Å². The van der Waals surface area contributed by atoms with E-state index in [-0.39, 0.29) is 22.7 Å². The molecule has 0 bridgehead atoms. The van der Waals surface area contributed by atoms with Crippen LogP contribution in [0.1, 0.15) is 30.2 Å². The third-order valence-corrected chi connectivity index (χ3v) is 7.89. The fourth-order valence-electron chi connectivity index (χ4n) is 3.31. The molecule has 1 aliphatic heterocycles. The molecule has 5 atom stereocenters. The maximum atomic E-state index is 12.8. The zero-order chi connectivity index (χ0) is 21.0. The Bertz CT molecular complexity index is 837. The fourth-order valence-corrected chi connectivity index (χ4v) is 5.73. The second-order valence-electron chi connectivity index (χ2n) is 7.33. The predicted octanol–water partition coefficient (Wildman–Crippen LogP) is 4.21. The summed E-state index contributed by atoms with van der Waals surface area (Å²) in [6.07, 6.45) is -0.119. The van der Waals surface area contributed by atoms with E-state index in [1.54, 1.807) is 36.1 Å². The number of ketones is 1. The lowest BCUT2D eigenvalue weighted by Gasteiger charge is -2.29. The van der Waals surface area contributed by atoms with Crippen molar-refractivity contribution in [3.8, 4) is 0 Å². The SMILES string of the molecule is CC(C1=CC(=O)C(C)(c2ccccc2)O1)C(SCC(O)C(O)CS)c1ccsc1. The number of carbonyl (C=O) groups is 1. The normalized spacial score (nSPS) is 23.2. The minimum absolute atomic E-state index is 0.0137. The van der Waals surface area contributed by atoms with Crippen molar-refractivity contribution in [3.63, 3.8) is 0 Å². The van der Waals surface area contributed by atoms with E-state index < -0.39 is 17.8 Å². The van der Waals surface area contributed by atoms with Crippen molar-refractivity contribution in [1.29, 1.82) is 0 Å². The van der Waals surface area contributed by atoms with E-state index >= 15 is 0 Å². The highest BCUT2D eigenvalue weighted by Gasteiger charge is 2.44. The van der Waals surface area contributed by atoms with Crippen LogP contribution in [-0.4, -0.2) is 39.7 Å². The first-order valence-corrected chi connectivity index (χ1v) is 12.1. The Morgan fingerprint density at radius 2 is 1.93 bits per heavy atom. The Labute approximate surface area is 185 Å². The monoisotopic (exact) mass is 450 g/mol. The highest BCUT2D eigenvalue weighted by atomic mass is 32.2. The van der Waals surface area contributed by atoms with Gasteiger partial charge in [-0.3, -0.25) is 4.79 Å². The molecule has 0 saturated heterocycles. The maximum Gasteiger partial charge on any atom is 0.206 e. The van der Waals surface area contributed by atoms with Gasteiger partial charge >= 0.3 is 0 Å². The Kier molecular flexibility index (Phi) is 7.51. The van der Waals surface area contributed by atoms with Gasteiger partial charge in [0.2, 0.25) is 5.78 Å². The highest BCUT2D eigenvalue weighted by molar-refractivity contribution is 7.99. The van der Waals surface area contributed by atoms with Crippen molar-refractivity contribution in [2.24, 2.45) is 5.92 Å². The van der Waals surface area contributed by atoms with Crippen LogP contribution in [0, 0.1) is 5.92 Å². The first-order chi connectivity index (χ1) is 13.9. The first-order valence-electron chi connectivity index (χ1n) is 9.48. The fraction of sp³-hybridized carbons (Fsp3) is 0.409. The van der Waals surface area contributed by atoms with Crippen molar-refractivity contribution in [2.75, 3.05) is 11.5 Å². The van der Waals surface area contributed by atoms with Crippen LogP contribution in [0.2, 0.25) is 0 Å². The van der Waals surface area contributed by atoms with Gasteiger partial charge in [-0.25, -0.2) is 0 Å². The second-order valence-corrected chi connectivity index (χ2v) is 9.65. The number of rotatable bonds is 9. The van der Waals surface area contributed by atoms with Crippen molar-refractivity contribution < 1.29 is 19.7 Å². The van der Waals surface area contributed by atoms with Crippen molar-refractivity contribution >= 4 is 41.5 Å². The summed E-state index contributed by atoms with van der Waals surface area (Å²) < 4.78 is 6.24. The molecule has 2 heterocycles. The third kappa shape index (κ3) is 4.91. The molecule has 2 aromatic rings. The molecule has 29 heavy (non-hydrogen) atoms. The van der Waals surface area contributed by atoms with E-state index in [2.05, 4.69) is 18.0 Å². The van der Waals surface area contributed by atoms with Crippen molar-refractivity contribution in [3.05, 3.63) is 70.1 Å². The minimum atomic E-state index is -1.02. The van der Waals surface area contributed by atoms with Crippen LogP contribution in [-0.2, 0) is 15.1 Å². The maximum absolute atomic E-state index is 12.8. The van der Waals surface area contributed by atoms with E-state index in [9.17, 15) is 15.0 Å². The van der Waals surface area contributed by atoms with E-state index in [1.165, 1.54) is 0 Å². The number of thiophene rings is 1. The summed E-state index contributed by atoms with van der Waals surface area (Å²) >= 11 is 7.21. The lowest BCUT2D eigenvalue weighted by Crippen LogP contribution is -2.31. The molecular weight excluding hydrogens is 424 g/mol. The molecule has 2 N–H and O–H groups in total. The number of aliphatic hydroxyl groups excluding tert-OH is 2. The van der Waals surface area contributed by atoms with Crippen LogP contribution >= 0.6 is 35.7 Å². The largest absolute Gasteiger partial charge is 0.479 e. The average Bonchev–Trinajstić information content (AvgIpc) is 3.37. The summed E-state index contributed by atoms with van der Waals surface area (Å²) in [5.41, 5.74) is 0.928. The van der Waals surface area contributed by atoms with Crippen LogP contribution in [0.3, 0.4) is 0 Å². The zero-order valence-corrected chi connectivity index (χ0v) is 18.9. The molecule has 0 spiro atoms. The van der Waals surface area contributed by atoms with Crippen molar-refractivity contribution in [2.45, 2.75) is 36.9 Å². The van der Waals surface area contributed by atoms with Gasteiger partial charge in [-0.05, 0) is 29.3 Å². The summed E-state index contributed by atoms with van der Waals surface area (Å²) in [7, 11) is 0. The molecule has 0 aliphatic carbocycles. The topological polar surface area (TPSA) is 66.8 Å². The average molecular weight is 451 g/mol. The number of hydrogen-bond donors (Lipinski definition) is 3. The van der Waals surface area contributed by atoms with Gasteiger partial charge in [-0.15, -0.1) is 0 Å². The first kappa shape index (κ1) is 22.4. The molecular formula is C22H26O4S3. The van der Waals surface area contributed by atoms with Gasteiger partial charge in [0.25, 0.3) is 0 Å². The highest BCUT2D eigenvalue weighted by Crippen LogP contribution is 2.45. The number of thioether (sulfide) groups is 1. The summed E-state index contributed by atoms with van der Waals surface area (Å²) in [6.45, 7) is 3.84. The number of aliphatic hydroxyl groups is 2. The molecule has 5 unspecified atom stereocenters. The number of benzene rings is 1. The van der Waals surface area contributed by atoms with E-state index in [1.807, 2.05) is 48.7 Å². The van der Waals surface area contributed by atoms with Crippen LogP contribution in [0.4, 0.5) is 0 Å². The molecule has 1 aliphatic rings. The standard InChI is InChI=1S/C22H26O4S3/c1-14(19-10-20(25)22(2,26-19)16-6-4-3-5-7-16)21(15-8-9-28-12-15)29-13-18(24)17(23)11-27/h3-10,12,14,17-18,21,23-24,27H,11,13H2,1-2H3. The molecule has 0 fully saturated rings. The van der Waals surface area contributed by atoms with Gasteiger partial charge < -0.3 is 14.9 Å². The number of carbonyl (C=O) groups excluding carboxylic acids is 1. The summed E-state index contributed by atoms with van der Waals surface area (Å²) in [4.78, 5) is 12.8. The smallest absolute Gasteiger partial charge is 0.206 e. The van der Waals surface area contributed by atoms with Gasteiger partial charge in [-0.1, -0.05) is 37.3 Å². The zero-order valence-electron chi connectivity index (χ0n) is 16.4. The van der Waals surface area contributed by atoms with Gasteiger partial charge in [0, 0.05) is 34.3 Å². The minimum Gasteiger partial charge on any atom is -0.479 e. The number of hydrogen-bond acceptors (Lipinski definition) is 7. The molecule has 7 heteroatoms. The van der Waals surface area contributed by atoms with Crippen molar-refractivity contribution in [1.82, 2.24) is 0 Å². The van der Waals surface area contributed by atoms with Gasteiger partial charge in [0.05, 0.1) is 12.2 Å². The molecule has 0 radical (unpaired) electrons. The van der Waals surface area contributed by atoms with Gasteiger partial charge in [-0.2, -0.15) is 35.7 Å². The quantitative estimate of drug-likeness (QED) is 0.500. The molecule has 1 aromatic carbocycles. The summed E-state index contributed by atoms with van der Waals surface area (Å²) in [5.74, 6) is 1.08. The van der Waals surface area contributed by atoms with E-state index in [4.69, 9.17) is 4.74 Å². The Morgan fingerprint density at radius 1 is 1.21 bits per heavy atom. The Hall–Kier alpha value is -1.25. The van der Waals surface area contributed by atoms with Gasteiger partial charge in [0.1, 0.15) is 5.76 Å². The van der Waals surface area contributed by atoms with E-state index in [0.717, 1.165) is 11.1 Å². The summed E-state index contributed by atoms with van der Waals surface area (Å²) in [5, 5.41) is 24.1. The predicted molar refractivity (Wildman–Crippen MR) is 123 cm³/mol. The van der Waals surface area contributed by atoms with E-state index in [0.29, 0.717) is 11.5 Å². The number of thiol groups is 1. The Balaban J connectivity index is 1.79. The van der Waals surface area contributed by atoms with Gasteiger partial charge in [0.15, 0.2) is 5.60 Å². The molecule has 3 rings (SSSR count).